The van der Waals surface area contributed by atoms with Crippen LogP contribution in [-0.2, 0) is 4.79 Å². The van der Waals surface area contributed by atoms with Crippen molar-refractivity contribution in [2.45, 2.75) is 0 Å². The molecule has 1 N–H and O–H groups in total. The van der Waals surface area contributed by atoms with Crippen LogP contribution < -0.4 is 24.3 Å². The monoisotopic (exact) mass is 384 g/mol. The average molecular weight is 384 g/mol. The van der Waals surface area contributed by atoms with E-state index in [2.05, 4.69) is 10.3 Å². The number of hydrogen-bond acceptors (Lipinski definition) is 7. The number of carbonyl (C=O) groups excluding carboxylic acids is 1. The molecule has 2 aromatic carbocycles. The van der Waals surface area contributed by atoms with Gasteiger partial charge in [-0.15, -0.1) is 0 Å². The van der Waals surface area contributed by atoms with E-state index in [1.165, 1.54) is 17.4 Å². The van der Waals surface area contributed by atoms with E-state index < -0.39 is 0 Å². The second-order valence-electron chi connectivity index (χ2n) is 5.63. The summed E-state index contributed by atoms with van der Waals surface area (Å²) in [4.78, 5) is 16.6. The van der Waals surface area contributed by atoms with Crippen molar-refractivity contribution in [2.75, 3.05) is 26.3 Å². The standard InChI is InChI=1S/C19H16N2O5S/c1-23-14-8-12-17(9-15(14)24-2)27-19(20-12)21-18(22)6-4-11-3-5-13-16(7-11)26-10-25-13/h3-9H,10H2,1-2H3,(H,20,21,22)/b6-4+. The second-order valence-corrected chi connectivity index (χ2v) is 6.66. The smallest absolute Gasteiger partial charge is 0.250 e. The van der Waals surface area contributed by atoms with Gasteiger partial charge >= 0.3 is 0 Å². The fourth-order valence-electron chi connectivity index (χ4n) is 2.64. The summed E-state index contributed by atoms with van der Waals surface area (Å²) in [6.07, 6.45) is 3.15. The van der Waals surface area contributed by atoms with Crippen LogP contribution in [0.15, 0.2) is 36.4 Å². The van der Waals surface area contributed by atoms with Crippen LogP contribution in [0.25, 0.3) is 16.3 Å². The van der Waals surface area contributed by atoms with E-state index in [4.69, 9.17) is 18.9 Å². The van der Waals surface area contributed by atoms with Gasteiger partial charge in [-0.25, -0.2) is 4.98 Å². The Bertz CT molecular complexity index is 1000. The van der Waals surface area contributed by atoms with Crippen molar-refractivity contribution in [1.29, 1.82) is 0 Å². The molecule has 0 saturated heterocycles. The van der Waals surface area contributed by atoms with E-state index >= 15 is 0 Å². The third-order valence-electron chi connectivity index (χ3n) is 3.95. The molecule has 1 aliphatic rings. The molecular formula is C19H16N2O5S. The quantitative estimate of drug-likeness (QED) is 0.676. The molecule has 1 amide bonds. The van der Waals surface area contributed by atoms with Crippen molar-refractivity contribution in [3.8, 4) is 23.0 Å². The van der Waals surface area contributed by atoms with E-state index in [1.807, 2.05) is 24.3 Å². The minimum absolute atomic E-state index is 0.218. The zero-order chi connectivity index (χ0) is 18.8. The number of aromatic nitrogens is 1. The molecule has 0 saturated carbocycles. The van der Waals surface area contributed by atoms with Crippen LogP contribution in [-0.4, -0.2) is 31.9 Å². The Morgan fingerprint density at radius 2 is 1.93 bits per heavy atom. The predicted molar refractivity (Wildman–Crippen MR) is 103 cm³/mol. The van der Waals surface area contributed by atoms with Gasteiger partial charge in [-0.1, -0.05) is 17.4 Å². The topological polar surface area (TPSA) is 78.9 Å². The molecule has 0 aliphatic carbocycles. The molecule has 8 heteroatoms. The molecule has 0 atom stereocenters. The van der Waals surface area contributed by atoms with Gasteiger partial charge in [-0.05, 0) is 23.8 Å². The summed E-state index contributed by atoms with van der Waals surface area (Å²) in [5, 5.41) is 3.27. The molecule has 4 rings (SSSR count). The molecule has 0 spiro atoms. The zero-order valence-electron chi connectivity index (χ0n) is 14.6. The van der Waals surface area contributed by atoms with Gasteiger partial charge < -0.3 is 18.9 Å². The average Bonchev–Trinajstić information content (AvgIpc) is 3.30. The van der Waals surface area contributed by atoms with E-state index in [-0.39, 0.29) is 12.7 Å². The number of benzene rings is 2. The van der Waals surface area contributed by atoms with E-state index in [1.54, 1.807) is 26.4 Å². The summed E-state index contributed by atoms with van der Waals surface area (Å²) in [5.74, 6) is 2.32. The minimum atomic E-state index is -0.273. The highest BCUT2D eigenvalue weighted by atomic mass is 32.1. The predicted octanol–water partition coefficient (Wildman–Crippen LogP) is 3.69. The Morgan fingerprint density at radius 1 is 1.15 bits per heavy atom. The molecule has 27 heavy (non-hydrogen) atoms. The molecular weight excluding hydrogens is 368 g/mol. The van der Waals surface area contributed by atoms with Crippen LogP contribution in [0.5, 0.6) is 23.0 Å². The fraction of sp³-hybridized carbons (Fsp3) is 0.158. The number of nitrogens with zero attached hydrogens (tertiary/aromatic N) is 1. The normalized spacial score (nSPS) is 12.5. The number of anilines is 1. The molecule has 0 fully saturated rings. The van der Waals surface area contributed by atoms with Gasteiger partial charge in [0.25, 0.3) is 0 Å². The highest BCUT2D eigenvalue weighted by molar-refractivity contribution is 7.22. The molecule has 2 heterocycles. The first kappa shape index (κ1) is 17.2. The Balaban J connectivity index is 1.49. The first-order valence-corrected chi connectivity index (χ1v) is 8.89. The fourth-order valence-corrected chi connectivity index (χ4v) is 3.52. The summed E-state index contributed by atoms with van der Waals surface area (Å²) in [5.41, 5.74) is 1.57. The first-order chi connectivity index (χ1) is 13.2. The summed E-state index contributed by atoms with van der Waals surface area (Å²) in [6.45, 7) is 0.218. The summed E-state index contributed by atoms with van der Waals surface area (Å²) in [6, 6.07) is 9.11. The largest absolute Gasteiger partial charge is 0.493 e. The number of ether oxygens (including phenoxy) is 4. The van der Waals surface area contributed by atoms with Gasteiger partial charge in [0, 0.05) is 18.2 Å². The molecule has 138 valence electrons. The molecule has 0 unspecified atom stereocenters. The highest BCUT2D eigenvalue weighted by Crippen LogP contribution is 2.36. The first-order valence-electron chi connectivity index (χ1n) is 8.07. The van der Waals surface area contributed by atoms with Crippen LogP contribution in [0.1, 0.15) is 5.56 Å². The third kappa shape index (κ3) is 3.52. The van der Waals surface area contributed by atoms with E-state index in [0.29, 0.717) is 28.1 Å². The number of fused-ring (bicyclic) bond motifs is 2. The van der Waals surface area contributed by atoms with Gasteiger partial charge in [0.05, 0.1) is 24.4 Å². The number of hydrogen-bond donors (Lipinski definition) is 1. The molecule has 0 radical (unpaired) electrons. The SMILES string of the molecule is COc1cc2nc(NC(=O)/C=C/c3ccc4c(c3)OCO4)sc2cc1OC. The summed E-state index contributed by atoms with van der Waals surface area (Å²) >= 11 is 1.36. The maximum atomic E-state index is 12.2. The summed E-state index contributed by atoms with van der Waals surface area (Å²) < 4.78 is 22.1. The number of thiazole rings is 1. The van der Waals surface area contributed by atoms with Crippen LogP contribution in [0.3, 0.4) is 0 Å². The van der Waals surface area contributed by atoms with Crippen molar-refractivity contribution in [3.63, 3.8) is 0 Å². The van der Waals surface area contributed by atoms with Gasteiger partial charge in [0.1, 0.15) is 0 Å². The minimum Gasteiger partial charge on any atom is -0.493 e. The highest BCUT2D eigenvalue weighted by Gasteiger charge is 2.13. The van der Waals surface area contributed by atoms with Crippen LogP contribution >= 0.6 is 11.3 Å². The molecule has 1 aliphatic heterocycles. The number of rotatable bonds is 5. The maximum absolute atomic E-state index is 12.2. The number of amides is 1. The lowest BCUT2D eigenvalue weighted by Crippen LogP contribution is -2.07. The van der Waals surface area contributed by atoms with Gasteiger partial charge in [-0.2, -0.15) is 0 Å². The lowest BCUT2D eigenvalue weighted by molar-refractivity contribution is -0.111. The Labute approximate surface area is 159 Å². The third-order valence-corrected chi connectivity index (χ3v) is 4.88. The van der Waals surface area contributed by atoms with Gasteiger partial charge in [-0.3, -0.25) is 10.1 Å². The summed E-state index contributed by atoms with van der Waals surface area (Å²) in [7, 11) is 3.15. The van der Waals surface area contributed by atoms with Crippen LogP contribution in [0.4, 0.5) is 5.13 Å². The van der Waals surface area contributed by atoms with Gasteiger partial charge in [0.15, 0.2) is 28.1 Å². The van der Waals surface area contributed by atoms with Crippen molar-refractivity contribution in [1.82, 2.24) is 4.98 Å². The number of carbonyl (C=O) groups is 1. The maximum Gasteiger partial charge on any atom is 0.250 e. The van der Waals surface area contributed by atoms with Crippen molar-refractivity contribution in [2.24, 2.45) is 0 Å². The lowest BCUT2D eigenvalue weighted by atomic mass is 10.2. The van der Waals surface area contributed by atoms with Crippen LogP contribution in [0, 0.1) is 0 Å². The van der Waals surface area contributed by atoms with E-state index in [0.717, 1.165) is 15.8 Å². The van der Waals surface area contributed by atoms with Crippen LogP contribution in [0.2, 0.25) is 0 Å². The van der Waals surface area contributed by atoms with E-state index in [9.17, 15) is 4.79 Å². The Kier molecular flexibility index (Phi) is 4.55. The number of nitrogens with one attached hydrogen (secondary N) is 1. The van der Waals surface area contributed by atoms with Crippen molar-refractivity contribution < 1.29 is 23.7 Å². The number of methoxy groups -OCH3 is 2. The zero-order valence-corrected chi connectivity index (χ0v) is 15.5. The van der Waals surface area contributed by atoms with Gasteiger partial charge in [0.2, 0.25) is 12.7 Å². The molecule has 7 nitrogen and oxygen atoms in total. The molecule has 3 aromatic rings. The Hall–Kier alpha value is -3.26. The van der Waals surface area contributed by atoms with Crippen molar-refractivity contribution in [3.05, 3.63) is 42.0 Å². The second kappa shape index (κ2) is 7.16. The molecule has 0 bridgehead atoms. The lowest BCUT2D eigenvalue weighted by Gasteiger charge is -2.05. The Morgan fingerprint density at radius 3 is 2.74 bits per heavy atom. The molecule has 1 aromatic heterocycles. The van der Waals surface area contributed by atoms with Crippen molar-refractivity contribution >= 4 is 38.7 Å².